The Hall–Kier alpha value is -3.61. The Labute approximate surface area is 206 Å². The minimum atomic E-state index is -0.118. The molecule has 2 saturated heterocycles. The Morgan fingerprint density at radius 1 is 0.943 bits per heavy atom. The number of hydrogen-bond acceptors (Lipinski definition) is 5. The number of anilines is 2. The Morgan fingerprint density at radius 2 is 1.69 bits per heavy atom. The maximum Gasteiger partial charge on any atom is 0.269 e. The number of para-hydroxylation sites is 1. The van der Waals surface area contributed by atoms with Gasteiger partial charge in [0.2, 0.25) is 5.91 Å². The molecule has 35 heavy (non-hydrogen) atoms. The third-order valence-corrected chi connectivity index (χ3v) is 7.21. The van der Waals surface area contributed by atoms with Crippen LogP contribution in [0.3, 0.4) is 0 Å². The van der Waals surface area contributed by atoms with Gasteiger partial charge in [0.15, 0.2) is 0 Å². The molecule has 7 nitrogen and oxygen atoms in total. The van der Waals surface area contributed by atoms with Crippen molar-refractivity contribution in [1.82, 2.24) is 14.7 Å². The zero-order valence-electron chi connectivity index (χ0n) is 20.3. The molecule has 0 spiro atoms. The minimum Gasteiger partial charge on any atom is -0.369 e. The number of rotatable bonds is 5. The zero-order valence-corrected chi connectivity index (χ0v) is 20.3. The van der Waals surface area contributed by atoms with Gasteiger partial charge in [0.25, 0.3) is 5.56 Å². The van der Waals surface area contributed by atoms with Crippen LogP contribution in [0.25, 0.3) is 0 Å². The maximum absolute atomic E-state index is 13.4. The van der Waals surface area contributed by atoms with Gasteiger partial charge in [-0.05, 0) is 37.0 Å². The number of aromatic nitrogens is 2. The molecule has 1 aromatic heterocycles. The normalized spacial score (nSPS) is 18.5. The number of amides is 1. The fraction of sp³-hybridized carbons (Fsp3) is 0.393. The Balaban J connectivity index is 1.20. The summed E-state index contributed by atoms with van der Waals surface area (Å²) < 4.78 is 1.49. The lowest BCUT2D eigenvalue weighted by Crippen LogP contribution is -2.52. The molecule has 182 valence electrons. The summed E-state index contributed by atoms with van der Waals surface area (Å²) in [5, 5.41) is 4.41. The molecular formula is C28H33N5O2. The summed E-state index contributed by atoms with van der Waals surface area (Å²) in [4.78, 5) is 32.6. The molecule has 2 aliphatic heterocycles. The molecule has 2 fully saturated rings. The molecule has 1 atom stereocenters. The Morgan fingerprint density at radius 3 is 2.43 bits per heavy atom. The van der Waals surface area contributed by atoms with E-state index in [1.54, 1.807) is 12.3 Å². The van der Waals surface area contributed by atoms with E-state index in [4.69, 9.17) is 0 Å². The SMILES string of the molecule is Cc1ccccc1N1CCN(C(=O)C2CCCN(c3cnn(Cc4ccccc4)c(=O)c3)C2)CC1. The Bertz CT molecular complexity index is 1220. The van der Waals surface area contributed by atoms with E-state index in [1.807, 2.05) is 35.2 Å². The van der Waals surface area contributed by atoms with E-state index in [0.29, 0.717) is 13.1 Å². The van der Waals surface area contributed by atoms with Crippen molar-refractivity contribution in [3.8, 4) is 0 Å². The summed E-state index contributed by atoms with van der Waals surface area (Å²) in [6, 6.07) is 20.0. The smallest absolute Gasteiger partial charge is 0.269 e. The summed E-state index contributed by atoms with van der Waals surface area (Å²) in [5.41, 5.74) is 4.27. The summed E-state index contributed by atoms with van der Waals surface area (Å²) in [6.07, 6.45) is 3.59. The van der Waals surface area contributed by atoms with E-state index in [-0.39, 0.29) is 17.4 Å². The van der Waals surface area contributed by atoms with Crippen LogP contribution in [0.5, 0.6) is 0 Å². The first-order valence-electron chi connectivity index (χ1n) is 12.5. The highest BCUT2D eigenvalue weighted by molar-refractivity contribution is 5.80. The van der Waals surface area contributed by atoms with Gasteiger partial charge in [-0.2, -0.15) is 5.10 Å². The van der Waals surface area contributed by atoms with E-state index in [9.17, 15) is 9.59 Å². The van der Waals surface area contributed by atoms with Crippen molar-refractivity contribution in [2.24, 2.45) is 5.92 Å². The quantitative estimate of drug-likeness (QED) is 0.572. The number of piperazine rings is 1. The lowest BCUT2D eigenvalue weighted by atomic mass is 9.95. The van der Waals surface area contributed by atoms with E-state index in [0.717, 1.165) is 56.8 Å². The fourth-order valence-electron chi connectivity index (χ4n) is 5.23. The molecule has 0 N–H and O–H groups in total. The predicted molar refractivity (Wildman–Crippen MR) is 139 cm³/mol. The lowest BCUT2D eigenvalue weighted by Gasteiger charge is -2.40. The molecule has 5 rings (SSSR count). The van der Waals surface area contributed by atoms with Crippen LogP contribution in [0.15, 0.2) is 71.7 Å². The molecule has 0 radical (unpaired) electrons. The summed E-state index contributed by atoms with van der Waals surface area (Å²) >= 11 is 0. The number of benzene rings is 2. The third-order valence-electron chi connectivity index (χ3n) is 7.21. The van der Waals surface area contributed by atoms with Gasteiger partial charge in [-0.3, -0.25) is 9.59 Å². The molecule has 1 unspecified atom stereocenters. The van der Waals surface area contributed by atoms with Crippen LogP contribution in [0, 0.1) is 12.8 Å². The van der Waals surface area contributed by atoms with Gasteiger partial charge >= 0.3 is 0 Å². The predicted octanol–water partition coefficient (Wildman–Crippen LogP) is 3.17. The van der Waals surface area contributed by atoms with Crippen LogP contribution in [0.4, 0.5) is 11.4 Å². The van der Waals surface area contributed by atoms with E-state index in [1.165, 1.54) is 15.9 Å². The van der Waals surface area contributed by atoms with Gasteiger partial charge in [-0.25, -0.2) is 4.68 Å². The summed E-state index contributed by atoms with van der Waals surface area (Å²) in [5.74, 6) is 0.199. The molecule has 2 aliphatic rings. The van der Waals surface area contributed by atoms with Gasteiger partial charge in [-0.1, -0.05) is 48.5 Å². The van der Waals surface area contributed by atoms with Crippen LogP contribution in [-0.2, 0) is 11.3 Å². The molecule has 2 aromatic carbocycles. The van der Waals surface area contributed by atoms with E-state index in [2.05, 4.69) is 46.1 Å². The number of carbonyl (C=O) groups excluding carboxylic acids is 1. The molecule has 7 heteroatoms. The van der Waals surface area contributed by atoms with Crippen LogP contribution in [0.1, 0.15) is 24.0 Å². The average Bonchev–Trinajstić information content (AvgIpc) is 2.90. The first-order chi connectivity index (χ1) is 17.1. The first-order valence-corrected chi connectivity index (χ1v) is 12.5. The highest BCUT2D eigenvalue weighted by atomic mass is 16.2. The summed E-state index contributed by atoms with van der Waals surface area (Å²) in [7, 11) is 0. The van der Waals surface area contributed by atoms with Gasteiger partial charge < -0.3 is 14.7 Å². The second kappa shape index (κ2) is 10.3. The summed E-state index contributed by atoms with van der Waals surface area (Å²) in [6.45, 7) is 7.29. The second-order valence-corrected chi connectivity index (χ2v) is 9.58. The van der Waals surface area contributed by atoms with Crippen molar-refractivity contribution in [1.29, 1.82) is 0 Å². The van der Waals surface area contributed by atoms with Crippen LogP contribution in [0.2, 0.25) is 0 Å². The van der Waals surface area contributed by atoms with Crippen molar-refractivity contribution in [2.75, 3.05) is 49.1 Å². The van der Waals surface area contributed by atoms with Crippen LogP contribution >= 0.6 is 0 Å². The van der Waals surface area contributed by atoms with Gasteiger partial charge in [0.1, 0.15) is 0 Å². The molecule has 1 amide bonds. The van der Waals surface area contributed by atoms with Crippen molar-refractivity contribution in [3.63, 3.8) is 0 Å². The first kappa shape index (κ1) is 23.1. The third kappa shape index (κ3) is 5.24. The number of aryl methyl sites for hydroxylation is 1. The largest absolute Gasteiger partial charge is 0.369 e. The number of nitrogens with zero attached hydrogens (tertiary/aromatic N) is 5. The van der Waals surface area contributed by atoms with E-state index >= 15 is 0 Å². The molecule has 0 aliphatic carbocycles. The van der Waals surface area contributed by atoms with Crippen molar-refractivity contribution in [2.45, 2.75) is 26.3 Å². The molecule has 3 heterocycles. The molecule has 0 bridgehead atoms. The highest BCUT2D eigenvalue weighted by Gasteiger charge is 2.31. The van der Waals surface area contributed by atoms with Crippen molar-refractivity contribution >= 4 is 17.3 Å². The molecular weight excluding hydrogens is 438 g/mol. The number of piperidine rings is 1. The van der Waals surface area contributed by atoms with Gasteiger partial charge in [-0.15, -0.1) is 0 Å². The van der Waals surface area contributed by atoms with E-state index < -0.39 is 0 Å². The topological polar surface area (TPSA) is 61.7 Å². The number of hydrogen-bond donors (Lipinski definition) is 0. The highest BCUT2D eigenvalue weighted by Crippen LogP contribution is 2.25. The average molecular weight is 472 g/mol. The standard InChI is InChI=1S/C28H33N5O2/c1-22-8-5-6-12-26(22)30-14-16-31(17-15-30)28(35)24-11-7-13-32(21-24)25-18-27(34)33(29-19-25)20-23-9-3-2-4-10-23/h2-6,8-10,12,18-19,24H,7,11,13-17,20-21H2,1H3. The lowest BCUT2D eigenvalue weighted by molar-refractivity contribution is -0.136. The zero-order chi connectivity index (χ0) is 24.2. The number of carbonyl (C=O) groups is 1. The van der Waals surface area contributed by atoms with Gasteiger partial charge in [0, 0.05) is 51.0 Å². The maximum atomic E-state index is 13.4. The van der Waals surface area contributed by atoms with Crippen molar-refractivity contribution in [3.05, 3.63) is 88.3 Å². The monoisotopic (exact) mass is 471 g/mol. The van der Waals surface area contributed by atoms with Gasteiger partial charge in [0.05, 0.1) is 24.3 Å². The second-order valence-electron chi connectivity index (χ2n) is 9.58. The molecule has 0 saturated carbocycles. The van der Waals surface area contributed by atoms with Crippen molar-refractivity contribution < 1.29 is 4.79 Å². The Kier molecular flexibility index (Phi) is 6.84. The fourth-order valence-corrected chi connectivity index (χ4v) is 5.23. The minimum absolute atomic E-state index is 0.0412. The van der Waals surface area contributed by atoms with Crippen LogP contribution < -0.4 is 15.4 Å². The van der Waals surface area contributed by atoms with Crippen LogP contribution in [-0.4, -0.2) is 59.9 Å². The molecule has 3 aromatic rings.